The van der Waals surface area contributed by atoms with Crippen molar-refractivity contribution in [3.05, 3.63) is 0 Å². The van der Waals surface area contributed by atoms with Gasteiger partial charge in [0.1, 0.15) is 0 Å². The molecule has 0 bridgehead atoms. The van der Waals surface area contributed by atoms with E-state index in [0.29, 0.717) is 10.8 Å². The Kier molecular flexibility index (Phi) is 23.7. The van der Waals surface area contributed by atoms with Gasteiger partial charge in [0.2, 0.25) is 0 Å². The van der Waals surface area contributed by atoms with Crippen LogP contribution in [0, 0.1) is 22.7 Å². The van der Waals surface area contributed by atoms with E-state index in [0.717, 1.165) is 11.8 Å². The fourth-order valence-corrected chi connectivity index (χ4v) is 4.16. The van der Waals surface area contributed by atoms with Crippen molar-refractivity contribution in [2.75, 3.05) is 0 Å². The van der Waals surface area contributed by atoms with Crippen LogP contribution in [0.3, 0.4) is 0 Å². The molecule has 0 nitrogen and oxygen atoms in total. The first-order valence-electron chi connectivity index (χ1n) is 13.1. The Morgan fingerprint density at radius 1 is 0.500 bits per heavy atom. The third-order valence-corrected chi connectivity index (χ3v) is 7.93. The molecule has 0 saturated carbocycles. The summed E-state index contributed by atoms with van der Waals surface area (Å²) in [5.41, 5.74) is 1.29. The second kappa shape index (κ2) is 20.3. The standard InChI is InChI=1S/C11H24.C9H20.C8H18/c1-5-7-10(3)9-11(4)8-6-2;1-5-9(6-2,7-3)8-4;1-5-8(4,6-2)7-3/h10-11H,5-9H2,1-4H3;5-8H2,1-4H3;5-7H2,1-4H3. The molecule has 0 saturated heterocycles. The van der Waals surface area contributed by atoms with Crippen molar-refractivity contribution < 1.29 is 0 Å². The molecule has 0 aromatic carbocycles. The fourth-order valence-electron chi connectivity index (χ4n) is 4.16. The van der Waals surface area contributed by atoms with Crippen LogP contribution >= 0.6 is 0 Å². The van der Waals surface area contributed by atoms with E-state index in [1.165, 1.54) is 77.0 Å². The van der Waals surface area contributed by atoms with Gasteiger partial charge in [0.05, 0.1) is 0 Å². The summed E-state index contributed by atoms with van der Waals surface area (Å²) in [5, 5.41) is 0. The lowest BCUT2D eigenvalue weighted by Gasteiger charge is -2.28. The highest BCUT2D eigenvalue weighted by Crippen LogP contribution is 2.33. The van der Waals surface area contributed by atoms with E-state index in [1.54, 1.807) is 0 Å². The van der Waals surface area contributed by atoms with Crippen molar-refractivity contribution in [3.63, 3.8) is 0 Å². The SMILES string of the molecule is CCC(C)(CC)CC.CCC(CC)(CC)CC.CCCC(C)CC(C)CCC. The number of hydrogen-bond acceptors (Lipinski definition) is 0. The third kappa shape index (κ3) is 16.9. The van der Waals surface area contributed by atoms with Crippen molar-refractivity contribution in [1.82, 2.24) is 0 Å². The summed E-state index contributed by atoms with van der Waals surface area (Å²) in [4.78, 5) is 0. The maximum Gasteiger partial charge on any atom is -0.0308 e. The van der Waals surface area contributed by atoms with Gasteiger partial charge in [-0.15, -0.1) is 0 Å². The topological polar surface area (TPSA) is 0 Å². The van der Waals surface area contributed by atoms with Crippen LogP contribution in [-0.2, 0) is 0 Å². The summed E-state index contributed by atoms with van der Waals surface area (Å²) in [7, 11) is 0. The molecule has 0 aliphatic heterocycles. The Balaban J connectivity index is -0.000000340. The van der Waals surface area contributed by atoms with E-state index < -0.39 is 0 Å². The maximum absolute atomic E-state index is 2.38. The molecular formula is C28H62. The van der Waals surface area contributed by atoms with Crippen LogP contribution in [0.1, 0.15) is 160 Å². The molecule has 0 aromatic heterocycles. The van der Waals surface area contributed by atoms with Crippen molar-refractivity contribution in [2.45, 2.75) is 160 Å². The van der Waals surface area contributed by atoms with Crippen LogP contribution < -0.4 is 0 Å². The van der Waals surface area contributed by atoms with Crippen molar-refractivity contribution in [3.8, 4) is 0 Å². The first kappa shape index (κ1) is 32.7. The van der Waals surface area contributed by atoms with Gasteiger partial charge >= 0.3 is 0 Å². The maximum atomic E-state index is 2.38. The van der Waals surface area contributed by atoms with Crippen LogP contribution in [0.15, 0.2) is 0 Å². The summed E-state index contributed by atoms with van der Waals surface area (Å²) < 4.78 is 0. The molecule has 0 rings (SSSR count). The lowest BCUT2D eigenvalue weighted by Crippen LogP contribution is -2.15. The molecule has 0 N–H and O–H groups in total. The molecule has 0 heterocycles. The van der Waals surface area contributed by atoms with E-state index in [-0.39, 0.29) is 0 Å². The Bertz CT molecular complexity index is 247. The van der Waals surface area contributed by atoms with Gasteiger partial charge in [-0.2, -0.15) is 0 Å². The van der Waals surface area contributed by atoms with Gasteiger partial charge in [0.25, 0.3) is 0 Å². The van der Waals surface area contributed by atoms with Crippen LogP contribution in [0.4, 0.5) is 0 Å². The summed E-state index contributed by atoms with van der Waals surface area (Å²) >= 11 is 0. The second-order valence-corrected chi connectivity index (χ2v) is 9.81. The summed E-state index contributed by atoms with van der Waals surface area (Å²) in [5.74, 6) is 1.89. The lowest BCUT2D eigenvalue weighted by atomic mass is 9.78. The van der Waals surface area contributed by atoms with Gasteiger partial charge in [0.15, 0.2) is 0 Å². The monoisotopic (exact) mass is 398 g/mol. The van der Waals surface area contributed by atoms with Gasteiger partial charge in [-0.25, -0.2) is 0 Å². The van der Waals surface area contributed by atoms with Crippen LogP contribution in [0.25, 0.3) is 0 Å². The molecule has 2 atom stereocenters. The second-order valence-electron chi connectivity index (χ2n) is 9.81. The smallest absolute Gasteiger partial charge is 0.0308 e. The molecule has 0 aliphatic rings. The quantitative estimate of drug-likeness (QED) is 0.289. The highest BCUT2D eigenvalue weighted by atomic mass is 14.3. The summed E-state index contributed by atoms with van der Waals surface area (Å²) in [6.07, 6.45) is 16.3. The Morgan fingerprint density at radius 2 is 0.786 bits per heavy atom. The third-order valence-electron chi connectivity index (χ3n) is 7.93. The minimum atomic E-state index is 0.625. The predicted molar refractivity (Wildman–Crippen MR) is 135 cm³/mol. The zero-order chi connectivity index (χ0) is 22.6. The number of hydrogen-bond donors (Lipinski definition) is 0. The van der Waals surface area contributed by atoms with Crippen molar-refractivity contribution in [2.24, 2.45) is 22.7 Å². The fraction of sp³-hybridized carbons (Fsp3) is 1.00. The molecule has 0 fully saturated rings. The minimum absolute atomic E-state index is 0.625. The normalized spacial score (nSPS) is 13.7. The molecule has 174 valence electrons. The zero-order valence-electron chi connectivity index (χ0n) is 22.6. The van der Waals surface area contributed by atoms with Gasteiger partial charge < -0.3 is 0 Å². The molecule has 0 heteroatoms. The van der Waals surface area contributed by atoms with Crippen LogP contribution in [-0.4, -0.2) is 0 Å². The van der Waals surface area contributed by atoms with Gasteiger partial charge in [-0.1, -0.05) is 154 Å². The highest BCUT2D eigenvalue weighted by molar-refractivity contribution is 4.72. The molecular weight excluding hydrogens is 336 g/mol. The van der Waals surface area contributed by atoms with Gasteiger partial charge in [-0.3, -0.25) is 0 Å². The van der Waals surface area contributed by atoms with Crippen molar-refractivity contribution in [1.29, 1.82) is 0 Å². The molecule has 2 unspecified atom stereocenters. The Morgan fingerprint density at radius 3 is 0.893 bits per heavy atom. The van der Waals surface area contributed by atoms with Crippen LogP contribution in [0.2, 0.25) is 0 Å². The zero-order valence-corrected chi connectivity index (χ0v) is 22.6. The van der Waals surface area contributed by atoms with E-state index >= 15 is 0 Å². The average Bonchev–Trinajstić information content (AvgIpc) is 2.71. The first-order valence-corrected chi connectivity index (χ1v) is 13.1. The molecule has 0 aliphatic carbocycles. The number of rotatable bonds is 13. The first-order chi connectivity index (χ1) is 13.1. The summed E-state index contributed by atoms with van der Waals surface area (Å²) in [6, 6.07) is 0. The largest absolute Gasteiger partial charge is 0.0654 e. The Hall–Kier alpha value is 0. The lowest BCUT2D eigenvalue weighted by molar-refractivity contribution is 0.240. The van der Waals surface area contributed by atoms with E-state index in [9.17, 15) is 0 Å². The average molecular weight is 399 g/mol. The van der Waals surface area contributed by atoms with E-state index in [2.05, 4.69) is 83.1 Å². The van der Waals surface area contributed by atoms with Gasteiger partial charge in [0, 0.05) is 0 Å². The molecule has 0 amide bonds. The molecule has 0 radical (unpaired) electrons. The van der Waals surface area contributed by atoms with Gasteiger partial charge in [-0.05, 0) is 29.1 Å². The molecule has 0 aromatic rings. The highest BCUT2D eigenvalue weighted by Gasteiger charge is 2.20. The Labute approximate surface area is 183 Å². The van der Waals surface area contributed by atoms with E-state index in [4.69, 9.17) is 0 Å². The van der Waals surface area contributed by atoms with Crippen molar-refractivity contribution >= 4 is 0 Å². The molecule has 0 spiro atoms. The van der Waals surface area contributed by atoms with Crippen LogP contribution in [0.5, 0.6) is 0 Å². The van der Waals surface area contributed by atoms with E-state index in [1.807, 2.05) is 0 Å². The predicted octanol–water partition coefficient (Wildman–Crippen LogP) is 11.1. The summed E-state index contributed by atoms with van der Waals surface area (Å²) in [6.45, 7) is 27.7. The minimum Gasteiger partial charge on any atom is -0.0654 e. The molecule has 28 heavy (non-hydrogen) atoms.